The van der Waals surface area contributed by atoms with Crippen LogP contribution in [0.3, 0.4) is 0 Å². The van der Waals surface area contributed by atoms with Crippen LogP contribution in [0.2, 0.25) is 0 Å². The van der Waals surface area contributed by atoms with E-state index in [2.05, 4.69) is 24.8 Å². The van der Waals surface area contributed by atoms with E-state index in [1.165, 1.54) is 7.11 Å². The van der Waals surface area contributed by atoms with Gasteiger partial charge >= 0.3 is 23.9 Å². The molecule has 1 fully saturated rings. The summed E-state index contributed by atoms with van der Waals surface area (Å²) >= 11 is 0. The second kappa shape index (κ2) is 20.5. The first-order valence-corrected chi connectivity index (χ1v) is 12.2. The molecule has 0 N–H and O–H groups in total. The molecule has 1 atom stereocenters. The maximum absolute atomic E-state index is 11.9. The molecule has 1 unspecified atom stereocenters. The third kappa shape index (κ3) is 17.4. The number of rotatable bonds is 7. The molecule has 0 aliphatic carbocycles. The Hall–Kier alpha value is -3.68. The van der Waals surface area contributed by atoms with Gasteiger partial charge in [0.2, 0.25) is 0 Å². The van der Waals surface area contributed by atoms with Crippen LogP contribution in [0.1, 0.15) is 58.4 Å². The lowest BCUT2D eigenvalue weighted by Gasteiger charge is -2.15. The minimum atomic E-state index is -0.347. The van der Waals surface area contributed by atoms with Crippen molar-refractivity contribution in [3.63, 3.8) is 0 Å². The lowest BCUT2D eigenvalue weighted by Crippen LogP contribution is -2.21. The van der Waals surface area contributed by atoms with Gasteiger partial charge < -0.3 is 18.9 Å². The van der Waals surface area contributed by atoms with Crippen molar-refractivity contribution in [1.29, 1.82) is 0 Å². The molecule has 8 nitrogen and oxygen atoms in total. The Bertz CT molecular complexity index is 902. The molecular weight excluding hydrogens is 476 g/mol. The Morgan fingerprint density at radius 3 is 2.19 bits per heavy atom. The van der Waals surface area contributed by atoms with E-state index in [-0.39, 0.29) is 43.0 Å². The second-order valence-corrected chi connectivity index (χ2v) is 8.20. The first-order chi connectivity index (χ1) is 17.6. The van der Waals surface area contributed by atoms with Gasteiger partial charge in [0.05, 0.1) is 19.6 Å². The van der Waals surface area contributed by atoms with E-state index in [1.807, 2.05) is 42.5 Å². The number of carbonyl (C=O) groups is 4. The Balaban J connectivity index is 0.000000637. The number of methoxy groups -OCH3 is 1. The fourth-order valence-corrected chi connectivity index (χ4v) is 2.63. The Morgan fingerprint density at radius 2 is 1.65 bits per heavy atom. The van der Waals surface area contributed by atoms with Crippen molar-refractivity contribution in [1.82, 2.24) is 0 Å². The predicted molar refractivity (Wildman–Crippen MR) is 142 cm³/mol. The number of hydrogen-bond acceptors (Lipinski definition) is 8. The molecule has 1 aromatic rings. The average Bonchev–Trinajstić information content (AvgIpc) is 2.89. The fourth-order valence-electron chi connectivity index (χ4n) is 2.63. The molecule has 0 amide bonds. The van der Waals surface area contributed by atoms with Crippen molar-refractivity contribution in [2.75, 3.05) is 26.9 Å². The van der Waals surface area contributed by atoms with Crippen LogP contribution in [0.4, 0.5) is 0 Å². The van der Waals surface area contributed by atoms with Crippen LogP contribution in [-0.2, 0) is 38.1 Å². The fraction of sp³-hybridized carbons (Fsp3) is 0.448. The second-order valence-electron chi connectivity index (χ2n) is 8.20. The van der Waals surface area contributed by atoms with E-state index < -0.39 is 0 Å². The Labute approximate surface area is 220 Å². The third-order valence-electron chi connectivity index (χ3n) is 4.72. The van der Waals surface area contributed by atoms with Crippen LogP contribution in [0.15, 0.2) is 60.7 Å². The van der Waals surface area contributed by atoms with Gasteiger partial charge in [-0.2, -0.15) is 0 Å². The summed E-state index contributed by atoms with van der Waals surface area (Å²) in [6.07, 6.45) is 7.31. The molecule has 0 spiro atoms. The van der Waals surface area contributed by atoms with Gasteiger partial charge in [-0.15, -0.1) is 0 Å². The van der Waals surface area contributed by atoms with E-state index in [0.29, 0.717) is 37.0 Å². The zero-order valence-corrected chi connectivity index (χ0v) is 22.5. The lowest BCUT2D eigenvalue weighted by molar-refractivity contribution is -0.155. The predicted octanol–water partition coefficient (Wildman–Crippen LogP) is 5.23. The Kier molecular flexibility index (Phi) is 18.5. The van der Waals surface area contributed by atoms with E-state index in [0.717, 1.165) is 18.4 Å². The molecule has 1 aromatic carbocycles. The van der Waals surface area contributed by atoms with Crippen molar-refractivity contribution in [3.05, 3.63) is 66.3 Å². The van der Waals surface area contributed by atoms with E-state index in [9.17, 15) is 19.2 Å². The van der Waals surface area contributed by atoms with Crippen LogP contribution >= 0.6 is 0 Å². The van der Waals surface area contributed by atoms with Crippen LogP contribution in [0.25, 0.3) is 6.08 Å². The molecule has 0 aromatic heterocycles. The quantitative estimate of drug-likeness (QED) is 0.210. The summed E-state index contributed by atoms with van der Waals surface area (Å²) in [5.74, 6) is -1.42. The molecule has 8 heteroatoms. The summed E-state index contributed by atoms with van der Waals surface area (Å²) in [5.41, 5.74) is 1.94. The SMILES string of the molecule is C=C(C)C(=O)OC.C=C(C)C(=O)OCCCC.O=C1CCCC(C=Cc2ccccc2)C(=O)OCCO1. The number of benzene rings is 1. The number of cyclic esters (lactones) is 2. The van der Waals surface area contributed by atoms with Gasteiger partial charge in [0.15, 0.2) is 0 Å². The summed E-state index contributed by atoms with van der Waals surface area (Å²) < 4.78 is 19.1. The van der Waals surface area contributed by atoms with E-state index in [4.69, 9.17) is 14.2 Å². The molecule has 2 rings (SSSR count). The highest BCUT2D eigenvalue weighted by Gasteiger charge is 2.19. The van der Waals surface area contributed by atoms with Crippen molar-refractivity contribution < 1.29 is 38.1 Å². The molecule has 204 valence electrons. The first-order valence-electron chi connectivity index (χ1n) is 12.2. The molecule has 0 bridgehead atoms. The number of hydrogen-bond donors (Lipinski definition) is 0. The molecule has 1 heterocycles. The zero-order chi connectivity index (χ0) is 28.1. The van der Waals surface area contributed by atoms with Gasteiger partial charge in [-0.25, -0.2) is 9.59 Å². The maximum atomic E-state index is 11.9. The number of unbranched alkanes of at least 4 members (excludes halogenated alkanes) is 1. The summed E-state index contributed by atoms with van der Waals surface area (Å²) in [6.45, 7) is 12.9. The highest BCUT2D eigenvalue weighted by Crippen LogP contribution is 2.16. The summed E-state index contributed by atoms with van der Waals surface area (Å²) in [4.78, 5) is 44.1. The van der Waals surface area contributed by atoms with Crippen molar-refractivity contribution >= 4 is 30.0 Å². The summed E-state index contributed by atoms with van der Waals surface area (Å²) in [5, 5.41) is 0. The standard InChI is InChI=1S/C16H18O4.C8H14O2.C5H8O2/c17-15-8-4-7-14(16(18)20-12-11-19-15)10-9-13-5-2-1-3-6-13;1-4-5-6-10-8(9)7(2)3;1-4(2)5(6)7-3/h1-3,5-6,9-10,14H,4,7-8,11-12H2;2,4-6H2,1,3H3;1H2,2-3H3. The number of esters is 4. The monoisotopic (exact) mass is 516 g/mol. The molecule has 1 aliphatic rings. The topological polar surface area (TPSA) is 105 Å². The van der Waals surface area contributed by atoms with Gasteiger partial charge in [0.1, 0.15) is 13.2 Å². The lowest BCUT2D eigenvalue weighted by atomic mass is 10.00. The largest absolute Gasteiger partial charge is 0.466 e. The van der Waals surface area contributed by atoms with Gasteiger partial charge in [-0.05, 0) is 38.7 Å². The van der Waals surface area contributed by atoms with E-state index >= 15 is 0 Å². The zero-order valence-electron chi connectivity index (χ0n) is 22.5. The molecule has 1 saturated heterocycles. The van der Waals surface area contributed by atoms with Crippen LogP contribution in [-0.4, -0.2) is 50.8 Å². The summed E-state index contributed by atoms with van der Waals surface area (Å²) in [7, 11) is 1.33. The van der Waals surface area contributed by atoms with Crippen molar-refractivity contribution in [2.45, 2.75) is 52.9 Å². The molecular formula is C29H40O8. The first kappa shape index (κ1) is 33.3. The van der Waals surface area contributed by atoms with Crippen LogP contribution in [0.5, 0.6) is 0 Å². The van der Waals surface area contributed by atoms with Gasteiger partial charge in [0, 0.05) is 17.6 Å². The van der Waals surface area contributed by atoms with E-state index in [1.54, 1.807) is 13.8 Å². The van der Waals surface area contributed by atoms with Gasteiger partial charge in [0.25, 0.3) is 0 Å². The minimum Gasteiger partial charge on any atom is -0.466 e. The van der Waals surface area contributed by atoms with Crippen LogP contribution < -0.4 is 0 Å². The van der Waals surface area contributed by atoms with Gasteiger partial charge in [-0.3, -0.25) is 9.59 Å². The normalized spacial score (nSPS) is 15.4. The molecule has 0 radical (unpaired) electrons. The smallest absolute Gasteiger partial charge is 0.333 e. The average molecular weight is 517 g/mol. The highest BCUT2D eigenvalue weighted by atomic mass is 16.6. The maximum Gasteiger partial charge on any atom is 0.333 e. The minimum absolute atomic E-state index is 0.125. The van der Waals surface area contributed by atoms with Crippen molar-refractivity contribution in [2.24, 2.45) is 5.92 Å². The third-order valence-corrected chi connectivity index (χ3v) is 4.72. The summed E-state index contributed by atoms with van der Waals surface area (Å²) in [6, 6.07) is 9.78. The highest BCUT2D eigenvalue weighted by molar-refractivity contribution is 5.87. The van der Waals surface area contributed by atoms with Crippen LogP contribution in [0, 0.1) is 5.92 Å². The molecule has 37 heavy (non-hydrogen) atoms. The van der Waals surface area contributed by atoms with Crippen molar-refractivity contribution in [3.8, 4) is 0 Å². The van der Waals surface area contributed by atoms with Gasteiger partial charge in [-0.1, -0.05) is 69.0 Å². The Morgan fingerprint density at radius 1 is 1.03 bits per heavy atom. The molecule has 0 saturated carbocycles. The number of ether oxygens (including phenoxy) is 4. The number of carbonyl (C=O) groups excluding carboxylic acids is 4. The molecule has 1 aliphatic heterocycles.